The molecule has 2 aromatic rings. The molecule has 110 valence electrons. The monoisotopic (exact) mass is 284 g/mol. The average Bonchev–Trinajstić information content (AvgIpc) is 2.48. The molecule has 0 bridgehead atoms. The first-order chi connectivity index (χ1) is 10.1. The Labute approximate surface area is 124 Å². The number of hydrogen-bond acceptors (Lipinski definition) is 3. The van der Waals surface area contributed by atoms with E-state index >= 15 is 0 Å². The molecular formula is C17H20N2O2. The van der Waals surface area contributed by atoms with Crippen LogP contribution in [0.25, 0.3) is 0 Å². The van der Waals surface area contributed by atoms with Crippen molar-refractivity contribution in [1.82, 2.24) is 0 Å². The number of nitrogens with one attached hydrogen (secondary N) is 1. The largest absolute Gasteiger partial charge is 0.484 e. The second-order valence-electron chi connectivity index (χ2n) is 5.00. The van der Waals surface area contributed by atoms with Crippen molar-refractivity contribution in [1.29, 1.82) is 0 Å². The van der Waals surface area contributed by atoms with Crippen molar-refractivity contribution in [2.45, 2.75) is 20.4 Å². The molecule has 0 aliphatic rings. The Morgan fingerprint density at radius 1 is 1.14 bits per heavy atom. The van der Waals surface area contributed by atoms with Gasteiger partial charge in [-0.05, 0) is 43.2 Å². The van der Waals surface area contributed by atoms with Gasteiger partial charge in [-0.15, -0.1) is 0 Å². The van der Waals surface area contributed by atoms with Crippen molar-refractivity contribution in [2.75, 3.05) is 11.9 Å². The lowest BCUT2D eigenvalue weighted by molar-refractivity contribution is -0.118. The second-order valence-corrected chi connectivity index (χ2v) is 5.00. The van der Waals surface area contributed by atoms with Gasteiger partial charge in [0.15, 0.2) is 6.61 Å². The van der Waals surface area contributed by atoms with E-state index in [4.69, 9.17) is 10.5 Å². The Hall–Kier alpha value is -2.33. The summed E-state index contributed by atoms with van der Waals surface area (Å²) in [6.07, 6.45) is 0. The van der Waals surface area contributed by atoms with Gasteiger partial charge in [-0.2, -0.15) is 0 Å². The molecule has 1 amide bonds. The number of hydrogen-bond donors (Lipinski definition) is 2. The summed E-state index contributed by atoms with van der Waals surface area (Å²) in [6, 6.07) is 13.3. The summed E-state index contributed by atoms with van der Waals surface area (Å²) in [5.74, 6) is 0.479. The summed E-state index contributed by atoms with van der Waals surface area (Å²) in [5, 5.41) is 2.85. The van der Waals surface area contributed by atoms with E-state index in [1.165, 1.54) is 5.56 Å². The van der Waals surface area contributed by atoms with Gasteiger partial charge in [0.2, 0.25) is 0 Å². The number of carbonyl (C=O) groups is 1. The first kappa shape index (κ1) is 15.1. The maximum atomic E-state index is 11.9. The normalized spacial score (nSPS) is 10.2. The minimum absolute atomic E-state index is 0.0186. The number of ether oxygens (including phenoxy) is 1. The Kier molecular flexibility index (Phi) is 4.95. The van der Waals surface area contributed by atoms with Crippen LogP contribution in [0, 0.1) is 13.8 Å². The molecule has 0 fully saturated rings. The number of benzene rings is 2. The van der Waals surface area contributed by atoms with Gasteiger partial charge in [-0.1, -0.05) is 29.8 Å². The van der Waals surface area contributed by atoms with Crippen molar-refractivity contribution in [3.05, 3.63) is 59.2 Å². The lowest BCUT2D eigenvalue weighted by Crippen LogP contribution is -2.20. The van der Waals surface area contributed by atoms with E-state index in [-0.39, 0.29) is 12.5 Å². The van der Waals surface area contributed by atoms with Crippen LogP contribution >= 0.6 is 0 Å². The van der Waals surface area contributed by atoms with Gasteiger partial charge in [0.05, 0.1) is 0 Å². The smallest absolute Gasteiger partial charge is 0.262 e. The minimum atomic E-state index is -0.176. The molecule has 0 unspecified atom stereocenters. The Balaban J connectivity index is 1.89. The summed E-state index contributed by atoms with van der Waals surface area (Å²) in [6.45, 7) is 4.46. The first-order valence-electron chi connectivity index (χ1n) is 6.87. The third-order valence-corrected chi connectivity index (χ3v) is 3.18. The summed E-state index contributed by atoms with van der Waals surface area (Å²) in [4.78, 5) is 11.9. The minimum Gasteiger partial charge on any atom is -0.484 e. The van der Waals surface area contributed by atoms with E-state index in [1.54, 1.807) is 0 Å². The fourth-order valence-electron chi connectivity index (χ4n) is 2.01. The molecule has 0 atom stereocenters. The molecule has 2 aromatic carbocycles. The highest BCUT2D eigenvalue weighted by molar-refractivity contribution is 5.92. The number of carbonyl (C=O) groups excluding carboxylic acids is 1. The highest BCUT2D eigenvalue weighted by Crippen LogP contribution is 2.16. The average molecular weight is 284 g/mol. The van der Waals surface area contributed by atoms with Crippen molar-refractivity contribution in [3.8, 4) is 5.75 Å². The molecule has 0 aromatic heterocycles. The highest BCUT2D eigenvalue weighted by atomic mass is 16.5. The van der Waals surface area contributed by atoms with Gasteiger partial charge in [0, 0.05) is 12.2 Å². The van der Waals surface area contributed by atoms with E-state index in [0.29, 0.717) is 12.3 Å². The number of anilines is 1. The zero-order valence-corrected chi connectivity index (χ0v) is 12.3. The van der Waals surface area contributed by atoms with Crippen molar-refractivity contribution < 1.29 is 9.53 Å². The van der Waals surface area contributed by atoms with E-state index in [0.717, 1.165) is 16.8 Å². The number of rotatable bonds is 5. The van der Waals surface area contributed by atoms with Crippen LogP contribution in [-0.4, -0.2) is 12.5 Å². The molecule has 4 nitrogen and oxygen atoms in total. The standard InChI is InChI=1S/C17H20N2O2/c1-12-3-8-16(13(2)9-12)19-17(20)11-21-15-6-4-14(10-18)5-7-15/h3-9H,10-11,18H2,1-2H3,(H,19,20). The Morgan fingerprint density at radius 3 is 2.48 bits per heavy atom. The van der Waals surface area contributed by atoms with Crippen LogP contribution < -0.4 is 15.8 Å². The lowest BCUT2D eigenvalue weighted by Gasteiger charge is -2.10. The molecule has 4 heteroatoms. The fourth-order valence-corrected chi connectivity index (χ4v) is 2.01. The van der Waals surface area contributed by atoms with Gasteiger partial charge < -0.3 is 15.8 Å². The predicted octanol–water partition coefficient (Wildman–Crippen LogP) is 2.78. The molecule has 3 N–H and O–H groups in total. The summed E-state index contributed by atoms with van der Waals surface area (Å²) >= 11 is 0. The SMILES string of the molecule is Cc1ccc(NC(=O)COc2ccc(CN)cc2)c(C)c1. The molecule has 2 rings (SSSR count). The van der Waals surface area contributed by atoms with E-state index in [9.17, 15) is 4.79 Å². The van der Waals surface area contributed by atoms with Gasteiger partial charge in [0.25, 0.3) is 5.91 Å². The third kappa shape index (κ3) is 4.33. The summed E-state index contributed by atoms with van der Waals surface area (Å²) in [5.41, 5.74) is 9.58. The topological polar surface area (TPSA) is 64.3 Å². The van der Waals surface area contributed by atoms with Crippen LogP contribution in [0.5, 0.6) is 5.75 Å². The highest BCUT2D eigenvalue weighted by Gasteiger charge is 2.06. The van der Waals surface area contributed by atoms with E-state index < -0.39 is 0 Å². The molecule has 0 aliphatic carbocycles. The number of nitrogens with two attached hydrogens (primary N) is 1. The van der Waals surface area contributed by atoms with Gasteiger partial charge in [-0.25, -0.2) is 0 Å². The molecule has 0 saturated heterocycles. The van der Waals surface area contributed by atoms with Gasteiger partial charge in [0.1, 0.15) is 5.75 Å². The summed E-state index contributed by atoms with van der Waals surface area (Å²) in [7, 11) is 0. The zero-order chi connectivity index (χ0) is 15.2. The van der Waals surface area contributed by atoms with E-state index in [1.807, 2.05) is 56.3 Å². The van der Waals surface area contributed by atoms with Crippen molar-refractivity contribution >= 4 is 11.6 Å². The lowest BCUT2D eigenvalue weighted by atomic mass is 10.1. The maximum Gasteiger partial charge on any atom is 0.262 e. The van der Waals surface area contributed by atoms with Gasteiger partial charge >= 0.3 is 0 Å². The fraction of sp³-hybridized carbons (Fsp3) is 0.235. The van der Waals surface area contributed by atoms with Crippen LogP contribution in [0.3, 0.4) is 0 Å². The first-order valence-corrected chi connectivity index (χ1v) is 6.87. The van der Waals surface area contributed by atoms with Crippen molar-refractivity contribution in [3.63, 3.8) is 0 Å². The second kappa shape index (κ2) is 6.90. The maximum absolute atomic E-state index is 11.9. The molecule has 0 saturated carbocycles. The molecule has 0 spiro atoms. The van der Waals surface area contributed by atoms with Crippen molar-refractivity contribution in [2.24, 2.45) is 5.73 Å². The molecule has 21 heavy (non-hydrogen) atoms. The van der Waals surface area contributed by atoms with Gasteiger partial charge in [-0.3, -0.25) is 4.79 Å². The van der Waals surface area contributed by atoms with Crippen LogP contribution in [-0.2, 0) is 11.3 Å². The predicted molar refractivity (Wildman–Crippen MR) is 84.4 cm³/mol. The zero-order valence-electron chi connectivity index (χ0n) is 12.3. The van der Waals surface area contributed by atoms with Crippen LogP contribution in [0.15, 0.2) is 42.5 Å². The molecule has 0 radical (unpaired) electrons. The quantitative estimate of drug-likeness (QED) is 0.887. The Morgan fingerprint density at radius 2 is 1.86 bits per heavy atom. The third-order valence-electron chi connectivity index (χ3n) is 3.18. The van der Waals surface area contributed by atoms with Crippen LogP contribution in [0.2, 0.25) is 0 Å². The molecule has 0 aliphatic heterocycles. The molecular weight excluding hydrogens is 264 g/mol. The molecule has 0 heterocycles. The Bertz CT molecular complexity index is 621. The number of aryl methyl sites for hydroxylation is 2. The number of amides is 1. The van der Waals surface area contributed by atoms with E-state index in [2.05, 4.69) is 5.32 Å². The van der Waals surface area contributed by atoms with Crippen LogP contribution in [0.4, 0.5) is 5.69 Å². The summed E-state index contributed by atoms with van der Waals surface area (Å²) < 4.78 is 5.45. The van der Waals surface area contributed by atoms with Crippen LogP contribution in [0.1, 0.15) is 16.7 Å².